The molecule has 0 amide bonds. The number of benzene rings is 1. The molecule has 1 heterocycles. The molecule has 2 nitrogen and oxygen atoms in total. The molecule has 2 heteroatoms. The zero-order chi connectivity index (χ0) is 12.9. The van der Waals surface area contributed by atoms with Crippen LogP contribution in [0.25, 0.3) is 0 Å². The second-order valence-corrected chi connectivity index (χ2v) is 5.78. The summed E-state index contributed by atoms with van der Waals surface area (Å²) in [7, 11) is 0. The van der Waals surface area contributed by atoms with Crippen molar-refractivity contribution in [3.8, 4) is 0 Å². The van der Waals surface area contributed by atoms with E-state index in [0.717, 1.165) is 25.6 Å². The summed E-state index contributed by atoms with van der Waals surface area (Å²) in [5.74, 6) is 0.827. The van der Waals surface area contributed by atoms with Gasteiger partial charge in [-0.15, -0.1) is 0 Å². The van der Waals surface area contributed by atoms with Gasteiger partial charge in [0.2, 0.25) is 0 Å². The van der Waals surface area contributed by atoms with Crippen LogP contribution in [0.1, 0.15) is 42.9 Å². The minimum atomic E-state index is 0.525. The number of nitrogens with one attached hydrogen (secondary N) is 2. The first-order valence-electron chi connectivity index (χ1n) is 7.60. The van der Waals surface area contributed by atoms with E-state index in [4.69, 9.17) is 0 Å². The molecule has 0 bridgehead atoms. The predicted molar refractivity (Wildman–Crippen MR) is 80.0 cm³/mol. The van der Waals surface area contributed by atoms with Gasteiger partial charge in [0.25, 0.3) is 0 Å². The maximum Gasteiger partial charge on any atom is 0.0335 e. The number of allylic oxidation sites excluding steroid dienone is 2. The lowest BCUT2D eigenvalue weighted by atomic mass is 9.93. The lowest BCUT2D eigenvalue weighted by molar-refractivity contribution is 0.396. The molecule has 2 unspecified atom stereocenters. The molecule has 0 saturated carbocycles. The summed E-state index contributed by atoms with van der Waals surface area (Å²) >= 11 is 0. The van der Waals surface area contributed by atoms with Crippen molar-refractivity contribution in [2.45, 2.75) is 38.3 Å². The standard InChI is InChI=1S/C17H24N2/c1-2-6-14(7-3-1)12-19-17-10-11-18-13-15-8-4-5-9-16(15)17/h1-2,4-5,8-9,14,17-19H,3,6-7,10-13H2. The molecule has 1 aromatic rings. The Labute approximate surface area is 116 Å². The minimum Gasteiger partial charge on any atom is -0.313 e. The van der Waals surface area contributed by atoms with Gasteiger partial charge in [-0.3, -0.25) is 0 Å². The zero-order valence-electron chi connectivity index (χ0n) is 11.6. The highest BCUT2D eigenvalue weighted by atomic mass is 14.9. The van der Waals surface area contributed by atoms with Gasteiger partial charge in [-0.1, -0.05) is 36.4 Å². The van der Waals surface area contributed by atoms with Crippen molar-refractivity contribution in [1.29, 1.82) is 0 Å². The van der Waals surface area contributed by atoms with Gasteiger partial charge in [0.1, 0.15) is 0 Å². The topological polar surface area (TPSA) is 24.1 Å². The van der Waals surface area contributed by atoms with Gasteiger partial charge in [0.05, 0.1) is 0 Å². The van der Waals surface area contributed by atoms with Crippen molar-refractivity contribution in [3.63, 3.8) is 0 Å². The summed E-state index contributed by atoms with van der Waals surface area (Å²) in [6.45, 7) is 3.28. The molecule has 3 rings (SSSR count). The first-order valence-corrected chi connectivity index (χ1v) is 7.60. The average Bonchev–Trinajstić information content (AvgIpc) is 2.68. The molecule has 1 aliphatic heterocycles. The molecule has 1 aliphatic carbocycles. The van der Waals surface area contributed by atoms with Gasteiger partial charge in [-0.05, 0) is 55.8 Å². The van der Waals surface area contributed by atoms with Crippen LogP contribution < -0.4 is 10.6 Å². The molecule has 0 radical (unpaired) electrons. The molecule has 102 valence electrons. The van der Waals surface area contributed by atoms with Crippen LogP contribution in [0, 0.1) is 5.92 Å². The van der Waals surface area contributed by atoms with Crippen molar-refractivity contribution in [1.82, 2.24) is 10.6 Å². The van der Waals surface area contributed by atoms with E-state index in [0.29, 0.717) is 6.04 Å². The Balaban J connectivity index is 1.65. The maximum absolute atomic E-state index is 3.81. The van der Waals surface area contributed by atoms with E-state index in [1.165, 1.54) is 36.8 Å². The van der Waals surface area contributed by atoms with Crippen LogP contribution in [0.2, 0.25) is 0 Å². The molecule has 19 heavy (non-hydrogen) atoms. The fourth-order valence-corrected chi connectivity index (χ4v) is 3.22. The summed E-state index contributed by atoms with van der Waals surface area (Å²) in [6.07, 6.45) is 9.71. The number of fused-ring (bicyclic) bond motifs is 1. The minimum absolute atomic E-state index is 0.525. The summed E-state index contributed by atoms with van der Waals surface area (Å²) < 4.78 is 0. The van der Waals surface area contributed by atoms with Gasteiger partial charge in [-0.2, -0.15) is 0 Å². The van der Waals surface area contributed by atoms with Crippen LogP contribution >= 0.6 is 0 Å². The first kappa shape index (κ1) is 12.9. The van der Waals surface area contributed by atoms with Crippen LogP contribution in [0.4, 0.5) is 0 Å². The fraction of sp³-hybridized carbons (Fsp3) is 0.529. The Morgan fingerprint density at radius 1 is 1.16 bits per heavy atom. The third-order valence-corrected chi connectivity index (χ3v) is 4.39. The number of hydrogen-bond acceptors (Lipinski definition) is 2. The van der Waals surface area contributed by atoms with Crippen LogP contribution in [0.3, 0.4) is 0 Å². The average molecular weight is 256 g/mol. The SMILES string of the molecule is C1=CCC(CNC2CCNCc3ccccc32)CC1. The normalized spacial score (nSPS) is 26.7. The Morgan fingerprint density at radius 2 is 2.11 bits per heavy atom. The molecule has 2 aliphatic rings. The summed E-state index contributed by atoms with van der Waals surface area (Å²) in [5, 5.41) is 7.33. The quantitative estimate of drug-likeness (QED) is 0.812. The summed E-state index contributed by atoms with van der Waals surface area (Å²) in [6, 6.07) is 9.39. The van der Waals surface area contributed by atoms with Crippen LogP contribution in [-0.4, -0.2) is 13.1 Å². The number of rotatable bonds is 3. The first-order chi connectivity index (χ1) is 9.43. The van der Waals surface area contributed by atoms with E-state index in [2.05, 4.69) is 47.1 Å². The smallest absolute Gasteiger partial charge is 0.0335 e. The lowest BCUT2D eigenvalue weighted by Crippen LogP contribution is -2.29. The lowest BCUT2D eigenvalue weighted by Gasteiger charge is -2.24. The van der Waals surface area contributed by atoms with E-state index in [9.17, 15) is 0 Å². The van der Waals surface area contributed by atoms with E-state index in [1.807, 2.05) is 0 Å². The third kappa shape index (κ3) is 3.26. The van der Waals surface area contributed by atoms with Gasteiger partial charge in [0.15, 0.2) is 0 Å². The molecular weight excluding hydrogens is 232 g/mol. The molecule has 0 saturated heterocycles. The third-order valence-electron chi connectivity index (χ3n) is 4.39. The van der Waals surface area contributed by atoms with Crippen LogP contribution in [-0.2, 0) is 6.54 Å². The molecule has 0 spiro atoms. The van der Waals surface area contributed by atoms with E-state index in [-0.39, 0.29) is 0 Å². The second kappa shape index (κ2) is 6.36. The molecule has 0 fully saturated rings. The highest BCUT2D eigenvalue weighted by molar-refractivity contribution is 5.31. The maximum atomic E-state index is 3.81. The van der Waals surface area contributed by atoms with Crippen molar-refractivity contribution >= 4 is 0 Å². The predicted octanol–water partition coefficient (Wildman–Crippen LogP) is 3.17. The highest BCUT2D eigenvalue weighted by Gasteiger charge is 2.19. The Morgan fingerprint density at radius 3 is 3.00 bits per heavy atom. The Hall–Kier alpha value is -1.12. The van der Waals surface area contributed by atoms with Gasteiger partial charge >= 0.3 is 0 Å². The molecule has 2 atom stereocenters. The second-order valence-electron chi connectivity index (χ2n) is 5.78. The van der Waals surface area contributed by atoms with Crippen molar-refractivity contribution < 1.29 is 0 Å². The van der Waals surface area contributed by atoms with E-state index in [1.54, 1.807) is 0 Å². The van der Waals surface area contributed by atoms with Crippen LogP contribution in [0.5, 0.6) is 0 Å². The fourth-order valence-electron chi connectivity index (χ4n) is 3.22. The molecule has 2 N–H and O–H groups in total. The molecular formula is C17H24N2. The van der Waals surface area contributed by atoms with Gasteiger partial charge in [-0.25, -0.2) is 0 Å². The monoisotopic (exact) mass is 256 g/mol. The van der Waals surface area contributed by atoms with Gasteiger partial charge < -0.3 is 10.6 Å². The van der Waals surface area contributed by atoms with Crippen LogP contribution in [0.15, 0.2) is 36.4 Å². The van der Waals surface area contributed by atoms with Crippen molar-refractivity contribution in [2.75, 3.05) is 13.1 Å². The molecule has 0 aromatic heterocycles. The van der Waals surface area contributed by atoms with E-state index < -0.39 is 0 Å². The number of hydrogen-bond donors (Lipinski definition) is 2. The van der Waals surface area contributed by atoms with Gasteiger partial charge in [0, 0.05) is 12.6 Å². The zero-order valence-corrected chi connectivity index (χ0v) is 11.6. The Kier molecular flexibility index (Phi) is 4.31. The summed E-state index contributed by atoms with van der Waals surface area (Å²) in [5.41, 5.74) is 2.96. The largest absolute Gasteiger partial charge is 0.313 e. The molecule has 1 aromatic carbocycles. The van der Waals surface area contributed by atoms with E-state index >= 15 is 0 Å². The van der Waals surface area contributed by atoms with Crippen molar-refractivity contribution in [2.24, 2.45) is 5.92 Å². The summed E-state index contributed by atoms with van der Waals surface area (Å²) in [4.78, 5) is 0. The van der Waals surface area contributed by atoms with Crippen molar-refractivity contribution in [3.05, 3.63) is 47.5 Å². The highest BCUT2D eigenvalue weighted by Crippen LogP contribution is 2.25. The Bertz CT molecular complexity index is 439.